The smallest absolute Gasteiger partial charge is 0.140 e. The van der Waals surface area contributed by atoms with Gasteiger partial charge in [0.25, 0.3) is 0 Å². The van der Waals surface area contributed by atoms with Crippen molar-refractivity contribution in [3.63, 3.8) is 0 Å². The molecule has 4 N–H and O–H groups in total. The van der Waals surface area contributed by atoms with Crippen LogP contribution in [0.2, 0.25) is 0 Å². The molecule has 1 rings (SSSR count). The molecule has 16 heavy (non-hydrogen) atoms. The molecule has 0 heterocycles. The van der Waals surface area contributed by atoms with Crippen molar-refractivity contribution in [1.82, 2.24) is 4.90 Å². The summed E-state index contributed by atoms with van der Waals surface area (Å²) in [5, 5.41) is 21.4. The fraction of sp³-hybridized carbons (Fsp3) is 0.909. The van der Waals surface area contributed by atoms with Crippen molar-refractivity contribution < 1.29 is 10.3 Å². The first-order valence-corrected chi connectivity index (χ1v) is 5.92. The van der Waals surface area contributed by atoms with Gasteiger partial charge in [0.15, 0.2) is 0 Å². The maximum Gasteiger partial charge on any atom is 0.140 e. The minimum Gasteiger partial charge on any atom is -0.409 e. The van der Waals surface area contributed by atoms with Gasteiger partial charge < -0.3 is 16.0 Å². The Morgan fingerprint density at radius 1 is 1.50 bits per heavy atom. The summed E-state index contributed by atoms with van der Waals surface area (Å²) in [6.07, 6.45) is 4.47. The van der Waals surface area contributed by atoms with E-state index in [1.807, 2.05) is 14.0 Å². The molecule has 0 bridgehead atoms. The number of nitrogens with zero attached hydrogens (tertiary/aromatic N) is 2. The van der Waals surface area contributed by atoms with E-state index in [4.69, 9.17) is 10.9 Å². The van der Waals surface area contributed by atoms with Crippen LogP contribution in [0.5, 0.6) is 0 Å². The molecule has 94 valence electrons. The Hall–Kier alpha value is -0.810. The normalized spacial score (nSPS) is 29.4. The average molecular weight is 229 g/mol. The van der Waals surface area contributed by atoms with Crippen LogP contribution in [0.1, 0.15) is 39.0 Å². The maximum absolute atomic E-state index is 9.93. The molecule has 0 spiro atoms. The molecule has 0 aromatic carbocycles. The van der Waals surface area contributed by atoms with Gasteiger partial charge in [-0.3, -0.25) is 4.90 Å². The highest BCUT2D eigenvalue weighted by molar-refractivity contribution is 5.80. The van der Waals surface area contributed by atoms with E-state index in [1.54, 1.807) is 0 Å². The molecular weight excluding hydrogens is 206 g/mol. The molecule has 0 aliphatic heterocycles. The minimum absolute atomic E-state index is 0.175. The van der Waals surface area contributed by atoms with Crippen LogP contribution in [-0.4, -0.2) is 46.3 Å². The van der Waals surface area contributed by atoms with Crippen molar-refractivity contribution in [3.05, 3.63) is 0 Å². The Labute approximate surface area is 96.9 Å². The van der Waals surface area contributed by atoms with Gasteiger partial charge in [0.2, 0.25) is 0 Å². The number of hydrogen-bond donors (Lipinski definition) is 3. The van der Waals surface area contributed by atoms with Crippen LogP contribution in [0, 0.1) is 0 Å². The van der Waals surface area contributed by atoms with Crippen molar-refractivity contribution in [3.8, 4) is 0 Å². The second-order valence-corrected chi connectivity index (χ2v) is 4.73. The Morgan fingerprint density at radius 3 is 2.69 bits per heavy atom. The van der Waals surface area contributed by atoms with Crippen LogP contribution in [0.3, 0.4) is 0 Å². The lowest BCUT2D eigenvalue weighted by Gasteiger charge is -2.38. The highest BCUT2D eigenvalue weighted by Crippen LogP contribution is 2.24. The monoisotopic (exact) mass is 229 g/mol. The predicted molar refractivity (Wildman–Crippen MR) is 63.5 cm³/mol. The first kappa shape index (κ1) is 13.3. The molecule has 0 aromatic rings. The van der Waals surface area contributed by atoms with Gasteiger partial charge >= 0.3 is 0 Å². The highest BCUT2D eigenvalue weighted by Gasteiger charge is 2.29. The molecule has 3 atom stereocenters. The average Bonchev–Trinajstić information content (AvgIpc) is 2.28. The van der Waals surface area contributed by atoms with Gasteiger partial charge in [-0.15, -0.1) is 0 Å². The third kappa shape index (κ3) is 3.35. The number of hydrogen-bond acceptors (Lipinski definition) is 4. The molecule has 5 heteroatoms. The third-order valence-electron chi connectivity index (χ3n) is 3.55. The van der Waals surface area contributed by atoms with Gasteiger partial charge in [-0.25, -0.2) is 0 Å². The number of amidine groups is 1. The first-order valence-electron chi connectivity index (χ1n) is 5.92. The molecular formula is C11H23N3O2. The van der Waals surface area contributed by atoms with E-state index in [0.717, 1.165) is 19.3 Å². The SMILES string of the molecule is CC(CC(N)=NO)N(C)C1CCCCC1O. The molecule has 3 unspecified atom stereocenters. The second kappa shape index (κ2) is 6.06. The second-order valence-electron chi connectivity index (χ2n) is 4.73. The highest BCUT2D eigenvalue weighted by atomic mass is 16.4. The number of likely N-dealkylation sites (N-methyl/N-ethyl adjacent to an activating group) is 1. The minimum atomic E-state index is -0.242. The first-order chi connectivity index (χ1) is 7.56. The van der Waals surface area contributed by atoms with E-state index in [-0.39, 0.29) is 24.0 Å². The van der Waals surface area contributed by atoms with Gasteiger partial charge in [-0.2, -0.15) is 0 Å². The molecule has 0 aromatic heterocycles. The van der Waals surface area contributed by atoms with Gasteiger partial charge in [0.1, 0.15) is 5.84 Å². The largest absolute Gasteiger partial charge is 0.409 e. The van der Waals surface area contributed by atoms with Crippen LogP contribution in [0.4, 0.5) is 0 Å². The summed E-state index contributed by atoms with van der Waals surface area (Å²) in [4.78, 5) is 2.14. The number of aliphatic hydroxyl groups is 1. The van der Waals surface area contributed by atoms with Crippen LogP contribution in [0.25, 0.3) is 0 Å². The zero-order valence-corrected chi connectivity index (χ0v) is 10.1. The van der Waals surface area contributed by atoms with Crippen molar-refractivity contribution in [1.29, 1.82) is 0 Å². The zero-order valence-electron chi connectivity index (χ0n) is 10.1. The number of oxime groups is 1. The van der Waals surface area contributed by atoms with Crippen molar-refractivity contribution in [2.24, 2.45) is 10.9 Å². The standard InChI is InChI=1S/C11H23N3O2/c1-8(7-11(12)13-16)14(2)9-5-3-4-6-10(9)15/h8-10,15-16H,3-7H2,1-2H3,(H2,12,13). The Bertz CT molecular complexity index is 245. The van der Waals surface area contributed by atoms with Gasteiger partial charge in [0.05, 0.1) is 6.10 Å². The third-order valence-corrected chi connectivity index (χ3v) is 3.55. The van der Waals surface area contributed by atoms with E-state index in [9.17, 15) is 5.11 Å². The quantitative estimate of drug-likeness (QED) is 0.287. The summed E-state index contributed by atoms with van der Waals surface area (Å²) >= 11 is 0. The lowest BCUT2D eigenvalue weighted by molar-refractivity contribution is 0.0171. The van der Waals surface area contributed by atoms with Crippen molar-refractivity contribution in [2.75, 3.05) is 7.05 Å². The molecule has 1 aliphatic rings. The topological polar surface area (TPSA) is 82.1 Å². The molecule has 0 radical (unpaired) electrons. The molecule has 0 amide bonds. The lowest BCUT2D eigenvalue weighted by Crippen LogP contribution is -2.48. The summed E-state index contributed by atoms with van der Waals surface area (Å²) in [5.41, 5.74) is 5.49. The molecule has 1 aliphatic carbocycles. The number of nitrogens with two attached hydrogens (primary N) is 1. The maximum atomic E-state index is 9.93. The Balaban J connectivity index is 2.51. The van der Waals surface area contributed by atoms with Gasteiger partial charge in [-0.1, -0.05) is 18.0 Å². The Morgan fingerprint density at radius 2 is 2.12 bits per heavy atom. The molecule has 1 saturated carbocycles. The van der Waals surface area contributed by atoms with Crippen LogP contribution in [0.15, 0.2) is 5.16 Å². The zero-order chi connectivity index (χ0) is 12.1. The molecule has 1 fully saturated rings. The van der Waals surface area contributed by atoms with E-state index in [1.165, 1.54) is 6.42 Å². The van der Waals surface area contributed by atoms with E-state index >= 15 is 0 Å². The summed E-state index contributed by atoms with van der Waals surface area (Å²) in [7, 11) is 1.99. The van der Waals surface area contributed by atoms with Crippen molar-refractivity contribution >= 4 is 5.84 Å². The van der Waals surface area contributed by atoms with Crippen molar-refractivity contribution in [2.45, 2.75) is 57.2 Å². The summed E-state index contributed by atoms with van der Waals surface area (Å²) in [6, 6.07) is 0.379. The molecule has 0 saturated heterocycles. The van der Waals surface area contributed by atoms with E-state index < -0.39 is 0 Å². The van der Waals surface area contributed by atoms with E-state index in [2.05, 4.69) is 10.1 Å². The summed E-state index contributed by atoms with van der Waals surface area (Å²) in [5.74, 6) is 0.240. The number of aliphatic hydroxyl groups excluding tert-OH is 1. The van der Waals surface area contributed by atoms with Crippen LogP contribution < -0.4 is 5.73 Å². The summed E-state index contributed by atoms with van der Waals surface area (Å²) in [6.45, 7) is 2.03. The van der Waals surface area contributed by atoms with Crippen LogP contribution >= 0.6 is 0 Å². The Kier molecular flexibility index (Phi) is 5.02. The lowest BCUT2D eigenvalue weighted by atomic mass is 9.90. The summed E-state index contributed by atoms with van der Waals surface area (Å²) < 4.78 is 0. The fourth-order valence-electron chi connectivity index (χ4n) is 2.38. The van der Waals surface area contributed by atoms with Gasteiger partial charge in [0, 0.05) is 18.5 Å². The van der Waals surface area contributed by atoms with E-state index in [0.29, 0.717) is 6.42 Å². The van der Waals surface area contributed by atoms with Crippen LogP contribution in [-0.2, 0) is 0 Å². The number of rotatable bonds is 4. The van der Waals surface area contributed by atoms with Gasteiger partial charge in [-0.05, 0) is 26.8 Å². The fourth-order valence-corrected chi connectivity index (χ4v) is 2.38. The molecule has 5 nitrogen and oxygen atoms in total. The predicted octanol–water partition coefficient (Wildman–Crippen LogP) is 0.747.